The molecule has 6 nitrogen and oxygen atoms in total. The number of amides is 1. The number of aromatic nitrogens is 3. The SMILES string of the molecule is CN(Cc1ncn[nH]1)C(=O)C1CC12CCNCC2. The van der Waals surface area contributed by atoms with Crippen molar-refractivity contribution in [2.45, 2.75) is 25.8 Å². The first-order valence-corrected chi connectivity index (χ1v) is 6.51. The number of rotatable bonds is 3. The minimum Gasteiger partial charge on any atom is -0.338 e. The summed E-state index contributed by atoms with van der Waals surface area (Å²) in [5.74, 6) is 1.23. The molecule has 18 heavy (non-hydrogen) atoms. The predicted octanol–water partition coefficient (Wildman–Crippen LogP) is 0.153. The van der Waals surface area contributed by atoms with Crippen LogP contribution in [0.2, 0.25) is 0 Å². The van der Waals surface area contributed by atoms with Gasteiger partial charge in [-0.25, -0.2) is 4.98 Å². The van der Waals surface area contributed by atoms with Crippen molar-refractivity contribution in [3.63, 3.8) is 0 Å². The van der Waals surface area contributed by atoms with Crippen LogP contribution in [0.3, 0.4) is 0 Å². The van der Waals surface area contributed by atoms with Crippen LogP contribution >= 0.6 is 0 Å². The molecule has 0 radical (unpaired) electrons. The van der Waals surface area contributed by atoms with Crippen LogP contribution in [0.25, 0.3) is 0 Å². The van der Waals surface area contributed by atoms with E-state index in [9.17, 15) is 4.79 Å². The number of carbonyl (C=O) groups is 1. The highest BCUT2D eigenvalue weighted by Crippen LogP contribution is 2.59. The average molecular weight is 249 g/mol. The highest BCUT2D eigenvalue weighted by Gasteiger charge is 2.58. The summed E-state index contributed by atoms with van der Waals surface area (Å²) >= 11 is 0. The smallest absolute Gasteiger partial charge is 0.226 e. The van der Waals surface area contributed by atoms with Gasteiger partial charge in [-0.2, -0.15) is 5.10 Å². The molecule has 2 aliphatic rings. The summed E-state index contributed by atoms with van der Waals surface area (Å²) in [6.07, 6.45) is 4.81. The standard InChI is InChI=1S/C12H19N5O/c1-17(7-10-14-8-15-16-10)11(18)9-6-12(9)2-4-13-5-3-12/h8-9,13H,2-7H2,1H3,(H,14,15,16). The van der Waals surface area contributed by atoms with Crippen molar-refractivity contribution in [2.75, 3.05) is 20.1 Å². The molecule has 1 saturated carbocycles. The Morgan fingerprint density at radius 1 is 1.56 bits per heavy atom. The second-order valence-electron chi connectivity index (χ2n) is 5.50. The van der Waals surface area contributed by atoms with Gasteiger partial charge in [0.05, 0.1) is 6.54 Å². The van der Waals surface area contributed by atoms with Gasteiger partial charge in [-0.1, -0.05) is 0 Å². The zero-order valence-corrected chi connectivity index (χ0v) is 10.6. The van der Waals surface area contributed by atoms with Gasteiger partial charge in [-0.05, 0) is 37.8 Å². The lowest BCUT2D eigenvalue weighted by atomic mass is 9.91. The number of aromatic amines is 1. The van der Waals surface area contributed by atoms with E-state index in [1.807, 2.05) is 7.05 Å². The van der Waals surface area contributed by atoms with Crippen LogP contribution in [-0.2, 0) is 11.3 Å². The first-order chi connectivity index (χ1) is 8.71. The minimum atomic E-state index is 0.229. The largest absolute Gasteiger partial charge is 0.338 e. The van der Waals surface area contributed by atoms with Crippen LogP contribution in [0.5, 0.6) is 0 Å². The maximum Gasteiger partial charge on any atom is 0.226 e. The van der Waals surface area contributed by atoms with Crippen LogP contribution in [0.4, 0.5) is 0 Å². The molecule has 1 spiro atoms. The molecule has 1 aliphatic carbocycles. The molecule has 98 valence electrons. The van der Waals surface area contributed by atoms with E-state index < -0.39 is 0 Å². The third-order valence-corrected chi connectivity index (χ3v) is 4.32. The molecule has 1 aromatic rings. The number of piperidine rings is 1. The lowest BCUT2D eigenvalue weighted by Crippen LogP contribution is -2.34. The van der Waals surface area contributed by atoms with Gasteiger partial charge in [0, 0.05) is 13.0 Å². The van der Waals surface area contributed by atoms with E-state index >= 15 is 0 Å². The van der Waals surface area contributed by atoms with Gasteiger partial charge < -0.3 is 10.2 Å². The second kappa shape index (κ2) is 4.35. The Hall–Kier alpha value is -1.43. The molecular weight excluding hydrogens is 230 g/mol. The Morgan fingerprint density at radius 3 is 3.00 bits per heavy atom. The predicted molar refractivity (Wildman–Crippen MR) is 65.5 cm³/mol. The maximum atomic E-state index is 12.3. The average Bonchev–Trinajstić information content (AvgIpc) is 2.84. The second-order valence-corrected chi connectivity index (χ2v) is 5.50. The van der Waals surface area contributed by atoms with Crippen molar-refractivity contribution in [2.24, 2.45) is 11.3 Å². The van der Waals surface area contributed by atoms with E-state index in [-0.39, 0.29) is 11.8 Å². The molecule has 2 fully saturated rings. The van der Waals surface area contributed by atoms with E-state index in [4.69, 9.17) is 0 Å². The van der Waals surface area contributed by atoms with Crippen molar-refractivity contribution in [1.29, 1.82) is 0 Å². The van der Waals surface area contributed by atoms with Crippen molar-refractivity contribution in [3.8, 4) is 0 Å². The molecule has 1 aliphatic heterocycles. The fourth-order valence-corrected chi connectivity index (χ4v) is 3.05. The van der Waals surface area contributed by atoms with Crippen LogP contribution in [0.1, 0.15) is 25.1 Å². The number of carbonyl (C=O) groups excluding carboxylic acids is 1. The molecule has 1 saturated heterocycles. The topological polar surface area (TPSA) is 73.9 Å². The van der Waals surface area contributed by atoms with Gasteiger partial charge in [0.15, 0.2) is 0 Å². The number of hydrogen-bond acceptors (Lipinski definition) is 4. The monoisotopic (exact) mass is 249 g/mol. The van der Waals surface area contributed by atoms with Gasteiger partial charge in [0.2, 0.25) is 5.91 Å². The summed E-state index contributed by atoms with van der Waals surface area (Å²) in [5, 5.41) is 9.94. The molecule has 1 aromatic heterocycles. The number of H-pyrrole nitrogens is 1. The van der Waals surface area contributed by atoms with E-state index in [2.05, 4.69) is 20.5 Å². The third-order valence-electron chi connectivity index (χ3n) is 4.32. The molecule has 0 bridgehead atoms. The third kappa shape index (κ3) is 2.01. The lowest BCUT2D eigenvalue weighted by molar-refractivity contribution is -0.132. The van der Waals surface area contributed by atoms with Crippen LogP contribution in [-0.4, -0.2) is 46.1 Å². The molecule has 1 amide bonds. The van der Waals surface area contributed by atoms with E-state index in [0.717, 1.165) is 38.2 Å². The first kappa shape index (κ1) is 11.6. The number of hydrogen-bond donors (Lipinski definition) is 2. The molecular formula is C12H19N5O. The molecule has 1 unspecified atom stereocenters. The minimum absolute atomic E-state index is 0.229. The van der Waals surface area contributed by atoms with Crippen molar-refractivity contribution < 1.29 is 4.79 Å². The fourth-order valence-electron chi connectivity index (χ4n) is 3.05. The fraction of sp³-hybridized carbons (Fsp3) is 0.750. The van der Waals surface area contributed by atoms with Crippen molar-refractivity contribution in [3.05, 3.63) is 12.2 Å². The molecule has 1 atom stereocenters. The summed E-state index contributed by atoms with van der Waals surface area (Å²) in [5.41, 5.74) is 0.304. The van der Waals surface area contributed by atoms with Gasteiger partial charge >= 0.3 is 0 Å². The van der Waals surface area contributed by atoms with Gasteiger partial charge in [-0.3, -0.25) is 9.89 Å². The Morgan fingerprint density at radius 2 is 2.33 bits per heavy atom. The zero-order valence-electron chi connectivity index (χ0n) is 10.6. The first-order valence-electron chi connectivity index (χ1n) is 6.51. The van der Waals surface area contributed by atoms with Gasteiger partial charge in [-0.15, -0.1) is 0 Å². The Labute approximate surface area is 106 Å². The summed E-state index contributed by atoms with van der Waals surface area (Å²) in [7, 11) is 1.85. The van der Waals surface area contributed by atoms with E-state index in [1.54, 1.807) is 4.90 Å². The molecule has 2 N–H and O–H groups in total. The summed E-state index contributed by atoms with van der Waals surface area (Å²) in [4.78, 5) is 18.2. The van der Waals surface area contributed by atoms with Gasteiger partial charge in [0.25, 0.3) is 0 Å². The number of nitrogens with one attached hydrogen (secondary N) is 2. The highest BCUT2D eigenvalue weighted by atomic mass is 16.2. The van der Waals surface area contributed by atoms with Crippen LogP contribution < -0.4 is 5.32 Å². The number of nitrogens with zero attached hydrogens (tertiary/aromatic N) is 3. The summed E-state index contributed by atoms with van der Waals surface area (Å²) in [6, 6.07) is 0. The van der Waals surface area contributed by atoms with E-state index in [1.165, 1.54) is 6.33 Å². The van der Waals surface area contributed by atoms with E-state index in [0.29, 0.717) is 12.0 Å². The Bertz CT molecular complexity index is 424. The molecule has 0 aromatic carbocycles. The van der Waals surface area contributed by atoms with Crippen LogP contribution in [0, 0.1) is 11.3 Å². The maximum absolute atomic E-state index is 12.3. The van der Waals surface area contributed by atoms with Crippen LogP contribution in [0.15, 0.2) is 6.33 Å². The quantitative estimate of drug-likeness (QED) is 0.800. The van der Waals surface area contributed by atoms with Crippen molar-refractivity contribution in [1.82, 2.24) is 25.4 Å². The zero-order chi connectivity index (χ0) is 12.6. The van der Waals surface area contributed by atoms with Gasteiger partial charge in [0.1, 0.15) is 12.2 Å². The molecule has 3 rings (SSSR count). The summed E-state index contributed by atoms with van der Waals surface area (Å²) < 4.78 is 0. The highest BCUT2D eigenvalue weighted by molar-refractivity contribution is 5.82. The molecule has 2 heterocycles. The lowest BCUT2D eigenvalue weighted by Gasteiger charge is -2.24. The Balaban J connectivity index is 1.58. The molecule has 6 heteroatoms. The normalized spacial score (nSPS) is 25.1. The summed E-state index contributed by atoms with van der Waals surface area (Å²) in [6.45, 7) is 2.62. The Kier molecular flexibility index (Phi) is 2.81. The van der Waals surface area contributed by atoms with Crippen molar-refractivity contribution >= 4 is 5.91 Å².